The van der Waals surface area contributed by atoms with Crippen molar-refractivity contribution in [2.24, 2.45) is 0 Å². The van der Waals surface area contributed by atoms with Crippen LogP contribution in [0, 0.1) is 0 Å². The molecule has 1 aromatic rings. The van der Waals surface area contributed by atoms with Crippen LogP contribution in [-0.4, -0.2) is 51.1 Å². The third kappa shape index (κ3) is 3.66. The van der Waals surface area contributed by atoms with Gasteiger partial charge in [0.1, 0.15) is 0 Å². The van der Waals surface area contributed by atoms with Gasteiger partial charge >= 0.3 is 5.97 Å². The Hall–Kier alpha value is -1.44. The molecule has 0 spiro atoms. The molecule has 1 fully saturated rings. The number of hydrogen-bond donors (Lipinski definition) is 0. The molecule has 22 heavy (non-hydrogen) atoms. The van der Waals surface area contributed by atoms with Crippen LogP contribution in [-0.2, 0) is 19.5 Å². The zero-order chi connectivity index (χ0) is 16.2. The van der Waals surface area contributed by atoms with Crippen LogP contribution in [0.2, 0.25) is 0 Å². The van der Waals surface area contributed by atoms with Crippen molar-refractivity contribution in [3.63, 3.8) is 0 Å². The molecule has 1 aromatic carbocycles. The number of ether oxygens (including phenoxy) is 2. The highest BCUT2D eigenvalue weighted by Gasteiger charge is 2.30. The number of carbonyl (C=O) groups is 1. The summed E-state index contributed by atoms with van der Waals surface area (Å²) in [5.41, 5.74) is 0.342. The maximum absolute atomic E-state index is 12.6. The number of rotatable bonds is 5. The number of hydrogen-bond acceptors (Lipinski definition) is 5. The van der Waals surface area contributed by atoms with Gasteiger partial charge in [0.05, 0.1) is 29.8 Å². The number of sulfonamides is 1. The maximum atomic E-state index is 12.6. The van der Waals surface area contributed by atoms with Crippen molar-refractivity contribution < 1.29 is 22.7 Å². The predicted molar refractivity (Wildman–Crippen MR) is 81.2 cm³/mol. The van der Waals surface area contributed by atoms with E-state index < -0.39 is 16.0 Å². The molecule has 2 rings (SSSR count). The maximum Gasteiger partial charge on any atom is 0.338 e. The van der Waals surface area contributed by atoms with E-state index in [1.807, 2.05) is 6.92 Å². The first kappa shape index (κ1) is 16.9. The van der Waals surface area contributed by atoms with E-state index in [0.29, 0.717) is 25.3 Å². The van der Waals surface area contributed by atoms with Gasteiger partial charge in [0, 0.05) is 13.1 Å². The molecule has 1 atom stereocenters. The fourth-order valence-corrected chi connectivity index (χ4v) is 3.74. The second-order valence-electron chi connectivity index (χ2n) is 5.01. The molecule has 1 aliphatic rings. The highest BCUT2D eigenvalue weighted by molar-refractivity contribution is 7.89. The number of esters is 1. The van der Waals surface area contributed by atoms with Crippen LogP contribution in [0.3, 0.4) is 0 Å². The van der Waals surface area contributed by atoms with E-state index in [4.69, 9.17) is 9.47 Å². The summed E-state index contributed by atoms with van der Waals surface area (Å²) < 4.78 is 37.0. The van der Waals surface area contributed by atoms with E-state index in [2.05, 4.69) is 0 Å². The molecule has 122 valence electrons. The Balaban J connectivity index is 2.17. The van der Waals surface area contributed by atoms with Crippen LogP contribution >= 0.6 is 0 Å². The molecule has 7 heteroatoms. The summed E-state index contributed by atoms with van der Waals surface area (Å²) >= 11 is 0. The molecule has 0 saturated carbocycles. The van der Waals surface area contributed by atoms with Gasteiger partial charge < -0.3 is 9.47 Å². The van der Waals surface area contributed by atoms with Crippen molar-refractivity contribution in [1.82, 2.24) is 4.31 Å². The monoisotopic (exact) mass is 327 g/mol. The van der Waals surface area contributed by atoms with E-state index in [-0.39, 0.29) is 17.6 Å². The summed E-state index contributed by atoms with van der Waals surface area (Å²) in [6, 6.07) is 5.83. The van der Waals surface area contributed by atoms with Crippen LogP contribution in [0.4, 0.5) is 0 Å². The predicted octanol–water partition coefficient (Wildman–Crippen LogP) is 1.66. The molecule has 0 radical (unpaired) electrons. The summed E-state index contributed by atoms with van der Waals surface area (Å²) in [6.07, 6.45) is 0.704. The van der Waals surface area contributed by atoms with E-state index in [9.17, 15) is 13.2 Å². The number of morpholine rings is 1. The number of benzene rings is 1. The minimum atomic E-state index is -3.56. The smallest absolute Gasteiger partial charge is 0.338 e. The summed E-state index contributed by atoms with van der Waals surface area (Å²) in [7, 11) is -3.56. The van der Waals surface area contributed by atoms with Gasteiger partial charge in [0.15, 0.2) is 0 Å². The molecule has 0 amide bonds. The van der Waals surface area contributed by atoms with Crippen molar-refractivity contribution in [2.45, 2.75) is 31.3 Å². The highest BCUT2D eigenvalue weighted by atomic mass is 32.2. The van der Waals surface area contributed by atoms with Gasteiger partial charge in [-0.2, -0.15) is 4.31 Å². The number of carbonyl (C=O) groups excluding carboxylic acids is 1. The first-order chi connectivity index (χ1) is 10.5. The topological polar surface area (TPSA) is 72.9 Å². The lowest BCUT2D eigenvalue weighted by atomic mass is 10.2. The Labute approximate surface area is 131 Å². The third-order valence-electron chi connectivity index (χ3n) is 3.56. The molecule has 0 N–H and O–H groups in total. The van der Waals surface area contributed by atoms with Gasteiger partial charge in [0.25, 0.3) is 0 Å². The fourth-order valence-electron chi connectivity index (χ4n) is 2.28. The minimum Gasteiger partial charge on any atom is -0.462 e. The van der Waals surface area contributed by atoms with Crippen molar-refractivity contribution in [1.29, 1.82) is 0 Å². The third-order valence-corrected chi connectivity index (χ3v) is 5.44. The van der Waals surface area contributed by atoms with Gasteiger partial charge in [-0.3, -0.25) is 0 Å². The average molecular weight is 327 g/mol. The molecular formula is C15H21NO5S. The zero-order valence-electron chi connectivity index (χ0n) is 12.8. The largest absolute Gasteiger partial charge is 0.462 e. The van der Waals surface area contributed by atoms with Crippen LogP contribution < -0.4 is 0 Å². The molecule has 1 aliphatic heterocycles. The highest BCUT2D eigenvalue weighted by Crippen LogP contribution is 2.20. The molecule has 6 nitrogen and oxygen atoms in total. The van der Waals surface area contributed by atoms with Crippen molar-refractivity contribution in [3.05, 3.63) is 29.8 Å². The fraction of sp³-hybridized carbons (Fsp3) is 0.533. The second-order valence-corrected chi connectivity index (χ2v) is 6.95. The quantitative estimate of drug-likeness (QED) is 0.769. The molecular weight excluding hydrogens is 306 g/mol. The summed E-state index contributed by atoms with van der Waals surface area (Å²) in [6.45, 7) is 5.08. The van der Waals surface area contributed by atoms with Crippen LogP contribution in [0.5, 0.6) is 0 Å². The van der Waals surface area contributed by atoms with Crippen LogP contribution in [0.15, 0.2) is 29.2 Å². The Morgan fingerprint density at radius 1 is 1.32 bits per heavy atom. The van der Waals surface area contributed by atoms with Crippen LogP contribution in [0.1, 0.15) is 30.6 Å². The van der Waals surface area contributed by atoms with E-state index >= 15 is 0 Å². The Morgan fingerprint density at radius 3 is 2.59 bits per heavy atom. The number of nitrogens with zero attached hydrogens (tertiary/aromatic N) is 1. The Bertz CT molecular complexity index is 611. The van der Waals surface area contributed by atoms with E-state index in [1.54, 1.807) is 6.92 Å². The SMILES string of the molecule is CCOC(=O)c1ccc(S(=O)(=O)N2CCO[C@@H](CC)C2)cc1. The van der Waals surface area contributed by atoms with Crippen molar-refractivity contribution in [3.8, 4) is 0 Å². The standard InChI is InChI=1S/C15H21NO5S/c1-3-13-11-16(9-10-21-13)22(18,19)14-7-5-12(6-8-14)15(17)20-4-2/h5-8,13H,3-4,9-11H2,1-2H3/t13-/m0/s1. The molecule has 1 heterocycles. The summed E-state index contributed by atoms with van der Waals surface area (Å²) in [5.74, 6) is -0.455. The zero-order valence-corrected chi connectivity index (χ0v) is 13.6. The van der Waals surface area contributed by atoms with E-state index in [1.165, 1.54) is 28.6 Å². The van der Waals surface area contributed by atoms with Gasteiger partial charge in [-0.1, -0.05) is 6.92 Å². The van der Waals surface area contributed by atoms with Gasteiger partial charge in [0.2, 0.25) is 10.0 Å². The van der Waals surface area contributed by atoms with Gasteiger partial charge in [-0.05, 0) is 37.6 Å². The molecule has 0 bridgehead atoms. The van der Waals surface area contributed by atoms with Crippen molar-refractivity contribution >= 4 is 16.0 Å². The van der Waals surface area contributed by atoms with Gasteiger partial charge in [-0.15, -0.1) is 0 Å². The Kier molecular flexibility index (Phi) is 5.55. The van der Waals surface area contributed by atoms with Crippen molar-refractivity contribution in [2.75, 3.05) is 26.3 Å². The minimum absolute atomic E-state index is 0.0673. The summed E-state index contributed by atoms with van der Waals surface area (Å²) in [4.78, 5) is 11.8. The lowest BCUT2D eigenvalue weighted by Gasteiger charge is -2.31. The summed E-state index contributed by atoms with van der Waals surface area (Å²) in [5, 5.41) is 0. The molecule has 0 aromatic heterocycles. The average Bonchev–Trinajstić information content (AvgIpc) is 2.55. The Morgan fingerprint density at radius 2 is 2.00 bits per heavy atom. The van der Waals surface area contributed by atoms with E-state index in [0.717, 1.165) is 6.42 Å². The van der Waals surface area contributed by atoms with Crippen LogP contribution in [0.25, 0.3) is 0 Å². The second kappa shape index (κ2) is 7.21. The molecule has 0 unspecified atom stereocenters. The lowest BCUT2D eigenvalue weighted by Crippen LogP contribution is -2.45. The first-order valence-electron chi connectivity index (χ1n) is 7.38. The normalized spacial score (nSPS) is 19.8. The van der Waals surface area contributed by atoms with Gasteiger partial charge in [-0.25, -0.2) is 13.2 Å². The first-order valence-corrected chi connectivity index (χ1v) is 8.82. The molecule has 1 saturated heterocycles. The molecule has 0 aliphatic carbocycles. The lowest BCUT2D eigenvalue weighted by molar-refractivity contribution is -0.00277.